The maximum atomic E-state index is 3.70. The van der Waals surface area contributed by atoms with Crippen molar-refractivity contribution in [3.05, 3.63) is 75.5 Å². The summed E-state index contributed by atoms with van der Waals surface area (Å²) in [5.74, 6) is 0. The minimum atomic E-state index is 0.320. The first-order chi connectivity index (χ1) is 11.8. The third-order valence-electron chi connectivity index (χ3n) is 4.44. The lowest BCUT2D eigenvalue weighted by Gasteiger charge is -2.31. The van der Waals surface area contributed by atoms with Crippen LogP contribution in [0.4, 0.5) is 5.69 Å². The second-order valence-corrected chi connectivity index (χ2v) is 7.54. The molecule has 0 amide bonds. The van der Waals surface area contributed by atoms with Crippen molar-refractivity contribution in [3.63, 3.8) is 0 Å². The van der Waals surface area contributed by atoms with Gasteiger partial charge in [0.05, 0.1) is 6.04 Å². The number of hydrogen-bond donors (Lipinski definition) is 1. The third kappa shape index (κ3) is 4.39. The number of rotatable bonds is 7. The van der Waals surface area contributed by atoms with E-state index in [9.17, 15) is 0 Å². The van der Waals surface area contributed by atoms with Gasteiger partial charge in [-0.25, -0.2) is 0 Å². The van der Waals surface area contributed by atoms with Gasteiger partial charge in [-0.15, -0.1) is 0 Å². The van der Waals surface area contributed by atoms with Crippen molar-refractivity contribution in [1.82, 2.24) is 5.32 Å². The Bertz CT molecular complexity index is 681. The van der Waals surface area contributed by atoms with Gasteiger partial charge >= 0.3 is 0 Å². The predicted molar refractivity (Wildman–Crippen MR) is 111 cm³/mol. The van der Waals surface area contributed by atoms with Crippen molar-refractivity contribution < 1.29 is 0 Å². The fourth-order valence-electron chi connectivity index (χ4n) is 3.13. The Morgan fingerprint density at radius 3 is 2.71 bits per heavy atom. The Kier molecular flexibility index (Phi) is 6.32. The lowest BCUT2D eigenvalue weighted by atomic mass is 10.00. The van der Waals surface area contributed by atoms with Crippen LogP contribution >= 0.6 is 22.6 Å². The fourth-order valence-corrected chi connectivity index (χ4v) is 3.61. The Morgan fingerprint density at radius 1 is 1.08 bits per heavy atom. The highest BCUT2D eigenvalue weighted by Gasteiger charge is 2.20. The van der Waals surface area contributed by atoms with E-state index in [1.807, 2.05) is 0 Å². The van der Waals surface area contributed by atoms with E-state index >= 15 is 0 Å². The van der Waals surface area contributed by atoms with Gasteiger partial charge in [-0.05, 0) is 64.9 Å². The smallest absolute Gasteiger partial charge is 0.0544 e. The summed E-state index contributed by atoms with van der Waals surface area (Å²) in [4.78, 5) is 2.36. The van der Waals surface area contributed by atoms with Crippen LogP contribution in [0.2, 0.25) is 0 Å². The standard InChI is InChI=1S/C21H25IN2/c1-2-3-7-13-23-20-12-14-24(16-17-8-5-4-6-9-17)21-15-18(22)10-11-19(20)21/h4-6,8-12,14-15,20,23H,2-3,7,13,16H2,1H3/i22-2. The molecule has 3 heteroatoms. The number of unbranched alkanes of at least 4 members (excludes halogenated alkanes) is 2. The van der Waals surface area contributed by atoms with Crippen LogP contribution in [0.15, 0.2) is 60.8 Å². The van der Waals surface area contributed by atoms with Crippen molar-refractivity contribution >= 4 is 28.3 Å². The van der Waals surface area contributed by atoms with Crippen molar-refractivity contribution in [2.45, 2.75) is 38.8 Å². The summed E-state index contributed by atoms with van der Waals surface area (Å²) in [5, 5.41) is 3.70. The number of nitrogens with one attached hydrogen (secondary N) is 1. The number of halogens is 1. The lowest BCUT2D eigenvalue weighted by molar-refractivity contribution is 0.570. The molecular formula is C21H25IN2. The molecule has 1 unspecified atom stereocenters. The van der Waals surface area contributed by atoms with E-state index in [4.69, 9.17) is 0 Å². The average Bonchev–Trinajstić information content (AvgIpc) is 2.61. The highest BCUT2D eigenvalue weighted by Crippen LogP contribution is 2.34. The van der Waals surface area contributed by atoms with E-state index in [0.29, 0.717) is 6.04 Å². The molecule has 2 aromatic rings. The first kappa shape index (κ1) is 17.5. The van der Waals surface area contributed by atoms with Crippen molar-refractivity contribution in [1.29, 1.82) is 0 Å². The van der Waals surface area contributed by atoms with E-state index in [0.717, 1.165) is 13.1 Å². The molecule has 3 rings (SSSR count). The van der Waals surface area contributed by atoms with E-state index in [-0.39, 0.29) is 0 Å². The molecule has 24 heavy (non-hydrogen) atoms. The third-order valence-corrected chi connectivity index (χ3v) is 5.11. The molecule has 0 spiro atoms. The molecule has 126 valence electrons. The Labute approximate surface area is 159 Å². The summed E-state index contributed by atoms with van der Waals surface area (Å²) in [6, 6.07) is 17.8. The number of fused-ring (bicyclic) bond motifs is 1. The van der Waals surface area contributed by atoms with Crippen LogP contribution in [-0.2, 0) is 6.54 Å². The second kappa shape index (κ2) is 8.67. The molecule has 1 heterocycles. The largest absolute Gasteiger partial charge is 0.343 e. The molecule has 0 radical (unpaired) electrons. The zero-order valence-corrected chi connectivity index (χ0v) is 16.4. The molecule has 0 fully saturated rings. The summed E-state index contributed by atoms with van der Waals surface area (Å²) in [5.41, 5.74) is 4.04. The minimum absolute atomic E-state index is 0.320. The van der Waals surface area contributed by atoms with Crippen LogP contribution in [0, 0.1) is 3.57 Å². The summed E-state index contributed by atoms with van der Waals surface area (Å²) >= 11 is 2.40. The van der Waals surface area contributed by atoms with Gasteiger partial charge in [0.2, 0.25) is 0 Å². The Hall–Kier alpha value is -1.33. The fraction of sp³-hybridized carbons (Fsp3) is 0.333. The summed E-state index contributed by atoms with van der Waals surface area (Å²) in [6.45, 7) is 4.24. The average molecular weight is 430 g/mol. The normalized spacial score (nSPS) is 16.2. The van der Waals surface area contributed by atoms with Crippen LogP contribution in [0.1, 0.15) is 43.4 Å². The highest BCUT2D eigenvalue weighted by atomic mass is 125. The molecule has 1 aliphatic heterocycles. The van der Waals surface area contributed by atoms with Gasteiger partial charge in [-0.2, -0.15) is 0 Å². The van der Waals surface area contributed by atoms with E-state index in [1.54, 1.807) is 0 Å². The van der Waals surface area contributed by atoms with Crippen molar-refractivity contribution in [2.75, 3.05) is 11.4 Å². The van der Waals surface area contributed by atoms with Crippen LogP contribution < -0.4 is 10.2 Å². The SMILES string of the molecule is CCCCCNC1C=CN(Cc2ccccc2)c2cc([125I])ccc21. The summed E-state index contributed by atoms with van der Waals surface area (Å²) in [6.07, 6.45) is 8.34. The van der Waals surface area contributed by atoms with E-state index < -0.39 is 0 Å². The van der Waals surface area contributed by atoms with Crippen molar-refractivity contribution in [2.24, 2.45) is 0 Å². The molecule has 2 nitrogen and oxygen atoms in total. The number of nitrogens with zero attached hydrogens (tertiary/aromatic N) is 1. The number of hydrogen-bond acceptors (Lipinski definition) is 2. The molecule has 1 atom stereocenters. The minimum Gasteiger partial charge on any atom is -0.343 e. The monoisotopic (exact) mass is 430 g/mol. The zero-order valence-electron chi connectivity index (χ0n) is 14.2. The summed E-state index contributed by atoms with van der Waals surface area (Å²) < 4.78 is 1.28. The van der Waals surface area contributed by atoms with Crippen LogP contribution in [0.5, 0.6) is 0 Å². The molecule has 0 saturated carbocycles. The van der Waals surface area contributed by atoms with E-state index in [1.165, 1.54) is 39.6 Å². The molecule has 2 aromatic carbocycles. The Balaban J connectivity index is 1.78. The molecular weight excluding hydrogens is 405 g/mol. The lowest BCUT2D eigenvalue weighted by Crippen LogP contribution is -2.28. The second-order valence-electron chi connectivity index (χ2n) is 6.30. The molecule has 0 aromatic heterocycles. The van der Waals surface area contributed by atoms with Gasteiger partial charge < -0.3 is 10.2 Å². The molecule has 0 aliphatic carbocycles. The predicted octanol–water partition coefficient (Wildman–Crippen LogP) is 5.65. The topological polar surface area (TPSA) is 15.3 Å². The highest BCUT2D eigenvalue weighted by molar-refractivity contribution is 14.1. The first-order valence-electron chi connectivity index (χ1n) is 8.79. The van der Waals surface area contributed by atoms with Crippen LogP contribution in [0.3, 0.4) is 0 Å². The molecule has 0 saturated heterocycles. The number of anilines is 1. The molecule has 0 bridgehead atoms. The van der Waals surface area contributed by atoms with Gasteiger partial charge in [-0.1, -0.05) is 56.2 Å². The first-order valence-corrected chi connectivity index (χ1v) is 9.87. The number of benzene rings is 2. The van der Waals surface area contributed by atoms with Crippen LogP contribution in [0.25, 0.3) is 0 Å². The molecule has 1 N–H and O–H groups in total. The molecule has 1 aliphatic rings. The van der Waals surface area contributed by atoms with E-state index in [2.05, 4.69) is 101 Å². The summed E-state index contributed by atoms with van der Waals surface area (Å²) in [7, 11) is 0. The van der Waals surface area contributed by atoms with Gasteiger partial charge in [0, 0.05) is 22.0 Å². The van der Waals surface area contributed by atoms with Gasteiger partial charge in [-0.3, -0.25) is 0 Å². The maximum absolute atomic E-state index is 3.70. The zero-order chi connectivity index (χ0) is 16.8. The maximum Gasteiger partial charge on any atom is 0.0544 e. The van der Waals surface area contributed by atoms with Crippen LogP contribution in [-0.4, -0.2) is 6.54 Å². The van der Waals surface area contributed by atoms with Crippen molar-refractivity contribution in [3.8, 4) is 0 Å². The quantitative estimate of drug-likeness (QED) is 0.452. The van der Waals surface area contributed by atoms with Gasteiger partial charge in [0.25, 0.3) is 0 Å². The van der Waals surface area contributed by atoms with Gasteiger partial charge in [0.1, 0.15) is 0 Å². The van der Waals surface area contributed by atoms with Gasteiger partial charge in [0.15, 0.2) is 0 Å². The Morgan fingerprint density at radius 2 is 1.92 bits per heavy atom.